The summed E-state index contributed by atoms with van der Waals surface area (Å²) in [6, 6.07) is 4.36. The van der Waals surface area contributed by atoms with Crippen LogP contribution in [0.15, 0.2) is 18.2 Å². The van der Waals surface area contributed by atoms with Crippen LogP contribution in [-0.4, -0.2) is 41.9 Å². The summed E-state index contributed by atoms with van der Waals surface area (Å²) in [6.07, 6.45) is 12.5. The van der Waals surface area contributed by atoms with Crippen molar-refractivity contribution in [1.82, 2.24) is 9.80 Å². The maximum absolute atomic E-state index is 13.5. The number of hydrogen-bond acceptors (Lipinski definition) is 2. The number of carbonyl (C=O) groups excluding carboxylic acids is 1. The molecule has 0 spiro atoms. The smallest absolute Gasteiger partial charge is 0.222 e. The molecule has 1 aromatic rings. The number of nitrogens with zero attached hydrogens (tertiary/aromatic N) is 2. The summed E-state index contributed by atoms with van der Waals surface area (Å²) >= 11 is 0. The van der Waals surface area contributed by atoms with Crippen LogP contribution in [0.2, 0.25) is 0 Å². The molecule has 1 atom stereocenters. The van der Waals surface area contributed by atoms with Crippen LogP contribution in [0.3, 0.4) is 0 Å². The first kappa shape index (κ1) is 21.4. The van der Waals surface area contributed by atoms with Crippen molar-refractivity contribution >= 4 is 5.91 Å². The third kappa shape index (κ3) is 4.53. The van der Waals surface area contributed by atoms with Crippen LogP contribution in [0.4, 0.5) is 8.78 Å². The first-order valence-corrected chi connectivity index (χ1v) is 12.3. The van der Waals surface area contributed by atoms with Gasteiger partial charge >= 0.3 is 0 Å². The fourth-order valence-corrected chi connectivity index (χ4v) is 7.68. The second-order valence-electron chi connectivity index (χ2n) is 11.2. The van der Waals surface area contributed by atoms with Gasteiger partial charge in [-0.05, 0) is 112 Å². The van der Waals surface area contributed by atoms with Gasteiger partial charge in [0.15, 0.2) is 11.6 Å². The number of benzene rings is 1. The Morgan fingerprint density at radius 1 is 1.03 bits per heavy atom. The Hall–Kier alpha value is -1.49. The lowest BCUT2D eigenvalue weighted by molar-refractivity contribution is -0.131. The van der Waals surface area contributed by atoms with E-state index in [0.717, 1.165) is 43.2 Å². The molecule has 31 heavy (non-hydrogen) atoms. The Balaban J connectivity index is 1.15. The van der Waals surface area contributed by atoms with E-state index in [1.807, 2.05) is 4.90 Å². The van der Waals surface area contributed by atoms with Crippen molar-refractivity contribution in [3.05, 3.63) is 35.4 Å². The van der Waals surface area contributed by atoms with E-state index in [4.69, 9.17) is 0 Å². The molecule has 4 bridgehead atoms. The van der Waals surface area contributed by atoms with Crippen LogP contribution in [0.1, 0.15) is 69.8 Å². The number of halogens is 2. The second-order valence-corrected chi connectivity index (χ2v) is 11.2. The first-order valence-electron chi connectivity index (χ1n) is 12.3. The number of hydrogen-bond donors (Lipinski definition) is 0. The second kappa shape index (κ2) is 8.46. The minimum atomic E-state index is -0.845. The highest BCUT2D eigenvalue weighted by atomic mass is 19.2. The molecule has 1 amide bonds. The van der Waals surface area contributed by atoms with Crippen LogP contribution in [0.5, 0.6) is 0 Å². The minimum absolute atomic E-state index is 0.127. The summed E-state index contributed by atoms with van der Waals surface area (Å²) in [5.41, 5.74) is 1.25. The number of amides is 1. The van der Waals surface area contributed by atoms with Crippen molar-refractivity contribution in [3.63, 3.8) is 0 Å². The summed E-state index contributed by atoms with van der Waals surface area (Å²) in [7, 11) is 2.24. The van der Waals surface area contributed by atoms with E-state index in [1.165, 1.54) is 51.0 Å². The van der Waals surface area contributed by atoms with Crippen LogP contribution in [0.25, 0.3) is 0 Å². The van der Waals surface area contributed by atoms with Gasteiger partial charge in [0.25, 0.3) is 0 Å². The molecule has 0 radical (unpaired) electrons. The zero-order valence-corrected chi connectivity index (χ0v) is 18.8. The van der Waals surface area contributed by atoms with Crippen molar-refractivity contribution in [2.45, 2.75) is 76.8 Å². The highest BCUT2D eigenvalue weighted by Crippen LogP contribution is 2.61. The monoisotopic (exact) mass is 430 g/mol. The molecule has 1 heterocycles. The van der Waals surface area contributed by atoms with Crippen LogP contribution in [0, 0.1) is 34.8 Å². The number of carbonyl (C=O) groups is 1. The quantitative estimate of drug-likeness (QED) is 0.605. The summed E-state index contributed by atoms with van der Waals surface area (Å²) < 4.78 is 26.8. The normalized spacial score (nSPS) is 35.1. The van der Waals surface area contributed by atoms with Gasteiger partial charge in [0.2, 0.25) is 5.91 Å². The molecule has 3 nitrogen and oxygen atoms in total. The van der Waals surface area contributed by atoms with Crippen molar-refractivity contribution < 1.29 is 13.6 Å². The van der Waals surface area contributed by atoms with Crippen LogP contribution >= 0.6 is 0 Å². The van der Waals surface area contributed by atoms with Crippen LogP contribution in [-0.2, 0) is 11.3 Å². The fourth-order valence-electron chi connectivity index (χ4n) is 7.68. The molecular weight excluding hydrogens is 394 g/mol. The maximum atomic E-state index is 13.5. The Labute approximate surface area is 185 Å². The summed E-state index contributed by atoms with van der Waals surface area (Å²) in [5.74, 6) is 1.43. The molecule has 1 aromatic carbocycles. The molecule has 0 aromatic heterocycles. The SMILES string of the molecule is CN(CCC12CC3CC(CC(C3)C1)C2)C1CCC(=O)N(Cc2ccc(F)c(F)c2)CC1. The zero-order valence-electron chi connectivity index (χ0n) is 18.8. The molecular formula is C26H36F2N2O. The van der Waals surface area contributed by atoms with E-state index in [9.17, 15) is 13.6 Å². The van der Waals surface area contributed by atoms with Crippen molar-refractivity contribution in [2.24, 2.45) is 23.2 Å². The topological polar surface area (TPSA) is 23.6 Å². The third-order valence-electron chi connectivity index (χ3n) is 8.92. The highest BCUT2D eigenvalue weighted by Gasteiger charge is 2.50. The molecule has 1 saturated heterocycles. The average molecular weight is 431 g/mol. The lowest BCUT2D eigenvalue weighted by atomic mass is 9.49. The third-order valence-corrected chi connectivity index (χ3v) is 8.92. The molecule has 170 valence electrons. The van der Waals surface area contributed by atoms with Gasteiger partial charge in [-0.2, -0.15) is 0 Å². The van der Waals surface area contributed by atoms with Gasteiger partial charge in [-0.1, -0.05) is 6.07 Å². The van der Waals surface area contributed by atoms with Crippen molar-refractivity contribution in [1.29, 1.82) is 0 Å². The maximum Gasteiger partial charge on any atom is 0.222 e. The number of rotatable bonds is 6. The molecule has 1 unspecified atom stereocenters. The predicted octanol–water partition coefficient (Wildman–Crippen LogP) is 5.38. The summed E-state index contributed by atoms with van der Waals surface area (Å²) in [6.45, 7) is 2.18. The van der Waals surface area contributed by atoms with Gasteiger partial charge in [-0.15, -0.1) is 0 Å². The van der Waals surface area contributed by atoms with Gasteiger partial charge in [0, 0.05) is 25.6 Å². The fraction of sp³-hybridized carbons (Fsp3) is 0.731. The molecule has 1 aliphatic heterocycles. The Bertz CT molecular complexity index is 790. The lowest BCUT2D eigenvalue weighted by Gasteiger charge is -2.57. The molecule has 5 fully saturated rings. The van der Waals surface area contributed by atoms with Gasteiger partial charge in [-0.3, -0.25) is 4.79 Å². The highest BCUT2D eigenvalue weighted by molar-refractivity contribution is 5.76. The average Bonchev–Trinajstić information content (AvgIpc) is 2.90. The lowest BCUT2D eigenvalue weighted by Crippen LogP contribution is -2.47. The zero-order chi connectivity index (χ0) is 21.6. The predicted molar refractivity (Wildman–Crippen MR) is 117 cm³/mol. The summed E-state index contributed by atoms with van der Waals surface area (Å²) in [5, 5.41) is 0. The molecule has 4 aliphatic carbocycles. The van der Waals surface area contributed by atoms with Gasteiger partial charge in [0.05, 0.1) is 0 Å². The molecule has 5 heteroatoms. The minimum Gasteiger partial charge on any atom is -0.338 e. The Morgan fingerprint density at radius 2 is 1.71 bits per heavy atom. The van der Waals surface area contributed by atoms with E-state index < -0.39 is 11.6 Å². The van der Waals surface area contributed by atoms with Gasteiger partial charge < -0.3 is 9.80 Å². The Kier molecular flexibility index (Phi) is 5.83. The van der Waals surface area contributed by atoms with Crippen LogP contribution < -0.4 is 0 Å². The molecule has 4 saturated carbocycles. The van der Waals surface area contributed by atoms with Gasteiger partial charge in [-0.25, -0.2) is 8.78 Å². The van der Waals surface area contributed by atoms with E-state index in [1.54, 1.807) is 6.07 Å². The standard InChI is InChI=1S/C26H36F2N2O/c1-29(9-7-26-14-19-10-20(15-26)12-21(11-19)16-26)22-3-5-25(31)30(8-6-22)17-18-2-4-23(27)24(28)13-18/h2,4,13,19-22H,3,5-12,14-17H2,1H3. The van der Waals surface area contributed by atoms with Gasteiger partial charge in [0.1, 0.15) is 0 Å². The van der Waals surface area contributed by atoms with E-state index in [-0.39, 0.29) is 5.91 Å². The molecule has 6 rings (SSSR count). The number of likely N-dealkylation sites (tertiary alicyclic amines) is 1. The summed E-state index contributed by atoms with van der Waals surface area (Å²) in [4.78, 5) is 17.0. The van der Waals surface area contributed by atoms with E-state index >= 15 is 0 Å². The molecule has 5 aliphatic rings. The first-order chi connectivity index (χ1) is 14.9. The van der Waals surface area contributed by atoms with Crippen molar-refractivity contribution in [2.75, 3.05) is 20.1 Å². The van der Waals surface area contributed by atoms with Crippen molar-refractivity contribution in [3.8, 4) is 0 Å². The van der Waals surface area contributed by atoms with E-state index in [0.29, 0.717) is 36.5 Å². The largest absolute Gasteiger partial charge is 0.338 e. The molecule has 0 N–H and O–H groups in total. The van der Waals surface area contributed by atoms with E-state index in [2.05, 4.69) is 11.9 Å². The Morgan fingerprint density at radius 3 is 2.35 bits per heavy atom.